The highest BCUT2D eigenvalue weighted by Gasteiger charge is 2.19. The molecule has 1 aliphatic heterocycles. The fourth-order valence-corrected chi connectivity index (χ4v) is 2.89. The highest BCUT2D eigenvalue weighted by atomic mass is 79.9. The van der Waals surface area contributed by atoms with Crippen molar-refractivity contribution in [3.05, 3.63) is 39.9 Å². The molecule has 1 heterocycles. The Bertz CT molecular complexity index is 548. The van der Waals surface area contributed by atoms with E-state index in [0.29, 0.717) is 11.6 Å². The molecule has 1 saturated heterocycles. The Morgan fingerprint density at radius 1 is 1.43 bits per heavy atom. The van der Waals surface area contributed by atoms with Gasteiger partial charge in [-0.3, -0.25) is 4.90 Å². The van der Waals surface area contributed by atoms with Crippen LogP contribution in [0.15, 0.2) is 34.3 Å². The molecule has 112 valence electrons. The van der Waals surface area contributed by atoms with Gasteiger partial charge in [0, 0.05) is 30.1 Å². The van der Waals surface area contributed by atoms with Crippen molar-refractivity contribution in [2.45, 2.75) is 32.7 Å². The second-order valence-electron chi connectivity index (χ2n) is 5.80. The lowest BCUT2D eigenvalue weighted by Gasteiger charge is -2.32. The van der Waals surface area contributed by atoms with E-state index in [2.05, 4.69) is 52.1 Å². The van der Waals surface area contributed by atoms with Crippen LogP contribution in [0.25, 0.3) is 0 Å². The van der Waals surface area contributed by atoms with E-state index in [4.69, 9.17) is 0 Å². The fraction of sp³-hybridized carbons (Fsp3) is 0.471. The van der Waals surface area contributed by atoms with Gasteiger partial charge in [-0.05, 0) is 44.9 Å². The third kappa shape index (κ3) is 4.87. The highest BCUT2D eigenvalue weighted by molar-refractivity contribution is 9.10. The van der Waals surface area contributed by atoms with E-state index in [0.717, 1.165) is 42.6 Å². The number of halogens is 1. The molecule has 2 rings (SSSR count). The summed E-state index contributed by atoms with van der Waals surface area (Å²) in [5.74, 6) is 0. The van der Waals surface area contributed by atoms with Crippen LogP contribution in [0.2, 0.25) is 0 Å². The first-order valence-corrected chi connectivity index (χ1v) is 8.19. The predicted molar refractivity (Wildman–Crippen MR) is 91.4 cm³/mol. The van der Waals surface area contributed by atoms with Crippen molar-refractivity contribution < 1.29 is 0 Å². The lowest BCUT2D eigenvalue weighted by molar-refractivity contribution is 0.240. The van der Waals surface area contributed by atoms with Gasteiger partial charge in [0.05, 0.1) is 11.3 Å². The summed E-state index contributed by atoms with van der Waals surface area (Å²) >= 11 is 3.47. The summed E-state index contributed by atoms with van der Waals surface area (Å²) in [6.07, 6.45) is 4.53. The number of likely N-dealkylation sites (tertiary alicyclic amines) is 1. The molecule has 0 spiro atoms. The molecule has 0 atom stereocenters. The summed E-state index contributed by atoms with van der Waals surface area (Å²) < 4.78 is 1.00. The van der Waals surface area contributed by atoms with Crippen LogP contribution in [0.5, 0.6) is 0 Å². The Morgan fingerprint density at radius 3 is 2.76 bits per heavy atom. The lowest BCUT2D eigenvalue weighted by Crippen LogP contribution is -2.39. The molecular formula is C17H22BrN3. The largest absolute Gasteiger partial charge is 0.381 e. The quantitative estimate of drug-likeness (QED) is 0.831. The van der Waals surface area contributed by atoms with Crippen LogP contribution in [0.1, 0.15) is 32.3 Å². The summed E-state index contributed by atoms with van der Waals surface area (Å²) in [6, 6.07) is 8.47. The Kier molecular flexibility index (Phi) is 5.84. The zero-order chi connectivity index (χ0) is 15.2. The van der Waals surface area contributed by atoms with Crippen molar-refractivity contribution in [3.8, 4) is 6.07 Å². The van der Waals surface area contributed by atoms with E-state index >= 15 is 0 Å². The molecule has 1 fully saturated rings. The topological polar surface area (TPSA) is 39.1 Å². The second-order valence-corrected chi connectivity index (χ2v) is 6.72. The van der Waals surface area contributed by atoms with Gasteiger partial charge in [0.1, 0.15) is 6.07 Å². The molecule has 21 heavy (non-hydrogen) atoms. The first-order valence-electron chi connectivity index (χ1n) is 7.40. The van der Waals surface area contributed by atoms with Crippen LogP contribution in [-0.4, -0.2) is 30.6 Å². The van der Waals surface area contributed by atoms with Gasteiger partial charge < -0.3 is 5.32 Å². The van der Waals surface area contributed by atoms with Crippen molar-refractivity contribution in [3.63, 3.8) is 0 Å². The zero-order valence-corrected chi connectivity index (χ0v) is 14.3. The fourth-order valence-electron chi connectivity index (χ4n) is 2.52. The molecule has 4 heteroatoms. The minimum atomic E-state index is 0.453. The van der Waals surface area contributed by atoms with Crippen LogP contribution < -0.4 is 5.32 Å². The molecular weight excluding hydrogens is 326 g/mol. The molecule has 0 radical (unpaired) electrons. The molecule has 0 amide bonds. The molecule has 1 aromatic carbocycles. The lowest BCUT2D eigenvalue weighted by atomic mass is 10.0. The number of rotatable bonds is 4. The normalized spacial score (nSPS) is 16.3. The van der Waals surface area contributed by atoms with Gasteiger partial charge in [0.25, 0.3) is 0 Å². The van der Waals surface area contributed by atoms with Crippen LogP contribution >= 0.6 is 15.9 Å². The third-order valence-corrected chi connectivity index (χ3v) is 4.30. The number of allylic oxidation sites excluding steroid dienone is 1. The Balaban J connectivity index is 1.91. The Labute approximate surface area is 135 Å². The summed E-state index contributed by atoms with van der Waals surface area (Å²) in [5.41, 5.74) is 3.03. The molecule has 1 N–H and O–H groups in total. The monoisotopic (exact) mass is 347 g/mol. The van der Waals surface area contributed by atoms with E-state index in [-0.39, 0.29) is 0 Å². The molecule has 0 aliphatic carbocycles. The maximum atomic E-state index is 9.18. The van der Waals surface area contributed by atoms with Crippen molar-refractivity contribution in [1.29, 1.82) is 5.26 Å². The maximum Gasteiger partial charge on any atom is 0.101 e. The number of nitriles is 1. The number of benzene rings is 1. The number of nitrogens with zero attached hydrogens (tertiary/aromatic N) is 2. The number of hydrogen-bond acceptors (Lipinski definition) is 3. The molecule has 0 unspecified atom stereocenters. The average molecular weight is 348 g/mol. The van der Waals surface area contributed by atoms with Gasteiger partial charge in [-0.15, -0.1) is 0 Å². The van der Waals surface area contributed by atoms with Crippen LogP contribution in [-0.2, 0) is 0 Å². The predicted octanol–water partition coefficient (Wildman–Crippen LogP) is 4.16. The maximum absolute atomic E-state index is 9.18. The van der Waals surface area contributed by atoms with E-state index in [1.54, 1.807) is 0 Å². The van der Waals surface area contributed by atoms with Crippen LogP contribution in [0, 0.1) is 11.3 Å². The zero-order valence-electron chi connectivity index (χ0n) is 12.7. The standard InChI is InChI=1S/C17H22BrN3/c1-13(2)5-8-21-9-6-16(7-10-21)20-17-11-15(18)4-3-14(17)12-19/h3-5,11,16,20H,6-10H2,1-2H3. The third-order valence-electron chi connectivity index (χ3n) is 3.81. The van der Waals surface area contributed by atoms with Crippen molar-refractivity contribution in [2.75, 3.05) is 25.0 Å². The molecule has 1 aliphatic rings. The van der Waals surface area contributed by atoms with Crippen molar-refractivity contribution in [2.24, 2.45) is 0 Å². The summed E-state index contributed by atoms with van der Waals surface area (Å²) in [5, 5.41) is 12.7. The SMILES string of the molecule is CC(C)=CCN1CCC(Nc2cc(Br)ccc2C#N)CC1. The first-order chi connectivity index (χ1) is 10.1. The van der Waals surface area contributed by atoms with Crippen molar-refractivity contribution in [1.82, 2.24) is 4.90 Å². The number of anilines is 1. The van der Waals surface area contributed by atoms with E-state index in [1.807, 2.05) is 18.2 Å². The minimum absolute atomic E-state index is 0.453. The van der Waals surface area contributed by atoms with Gasteiger partial charge >= 0.3 is 0 Å². The van der Waals surface area contributed by atoms with Gasteiger partial charge in [-0.1, -0.05) is 27.6 Å². The number of hydrogen-bond donors (Lipinski definition) is 1. The Morgan fingerprint density at radius 2 is 2.14 bits per heavy atom. The van der Waals surface area contributed by atoms with E-state index in [1.165, 1.54) is 5.57 Å². The number of piperidine rings is 1. The van der Waals surface area contributed by atoms with Gasteiger partial charge in [-0.25, -0.2) is 0 Å². The minimum Gasteiger partial charge on any atom is -0.381 e. The van der Waals surface area contributed by atoms with E-state index < -0.39 is 0 Å². The van der Waals surface area contributed by atoms with Crippen LogP contribution in [0.4, 0.5) is 5.69 Å². The smallest absolute Gasteiger partial charge is 0.101 e. The summed E-state index contributed by atoms with van der Waals surface area (Å²) in [6.45, 7) is 7.56. The molecule has 0 saturated carbocycles. The van der Waals surface area contributed by atoms with Gasteiger partial charge in [-0.2, -0.15) is 5.26 Å². The highest BCUT2D eigenvalue weighted by Crippen LogP contribution is 2.24. The van der Waals surface area contributed by atoms with Gasteiger partial charge in [0.2, 0.25) is 0 Å². The molecule has 3 nitrogen and oxygen atoms in total. The molecule has 1 aromatic rings. The van der Waals surface area contributed by atoms with E-state index in [9.17, 15) is 5.26 Å². The first kappa shape index (κ1) is 16.1. The van der Waals surface area contributed by atoms with Gasteiger partial charge in [0.15, 0.2) is 0 Å². The average Bonchev–Trinajstić information content (AvgIpc) is 2.47. The molecule has 0 aromatic heterocycles. The molecule has 0 bridgehead atoms. The Hall–Kier alpha value is -1.31. The summed E-state index contributed by atoms with van der Waals surface area (Å²) in [4.78, 5) is 2.48. The summed E-state index contributed by atoms with van der Waals surface area (Å²) in [7, 11) is 0. The van der Waals surface area contributed by atoms with Crippen molar-refractivity contribution >= 4 is 21.6 Å². The second kappa shape index (κ2) is 7.63. The number of nitrogens with one attached hydrogen (secondary N) is 1. The van der Waals surface area contributed by atoms with Crippen LogP contribution in [0.3, 0.4) is 0 Å².